The highest BCUT2D eigenvalue weighted by atomic mass is 19.3. The molecule has 2 rings (SSSR count). The Bertz CT molecular complexity index is 485. The molecule has 0 fully saturated rings. The van der Waals surface area contributed by atoms with E-state index in [9.17, 15) is 13.2 Å². The number of hydrogen-bond acceptors (Lipinski definition) is 2. The molecule has 18 heavy (non-hydrogen) atoms. The van der Waals surface area contributed by atoms with Gasteiger partial charge < -0.3 is 9.64 Å². The van der Waals surface area contributed by atoms with Crippen LogP contribution in [0.3, 0.4) is 0 Å². The number of para-hydroxylation sites is 1. The average molecular weight is 255 g/mol. The van der Waals surface area contributed by atoms with Crippen LogP contribution in [0.5, 0.6) is 0 Å². The third kappa shape index (κ3) is 2.67. The number of hydrogen-bond donors (Lipinski definition) is 0. The second-order valence-electron chi connectivity index (χ2n) is 3.87. The quantitative estimate of drug-likeness (QED) is 0.817. The molecule has 1 aliphatic heterocycles. The van der Waals surface area contributed by atoms with Crippen molar-refractivity contribution in [2.75, 3.05) is 4.90 Å². The molecule has 0 saturated heterocycles. The van der Waals surface area contributed by atoms with E-state index in [1.165, 1.54) is 18.3 Å². The number of benzene rings is 1. The SMILES string of the molecule is CC1C=CC(OC(F)F)=CN1c1ccccc1F. The van der Waals surface area contributed by atoms with Crippen LogP contribution in [0.1, 0.15) is 6.92 Å². The summed E-state index contributed by atoms with van der Waals surface area (Å²) in [7, 11) is 0. The summed E-state index contributed by atoms with van der Waals surface area (Å²) in [5.74, 6) is -0.404. The predicted octanol–water partition coefficient (Wildman–Crippen LogP) is 3.67. The van der Waals surface area contributed by atoms with Crippen molar-refractivity contribution in [2.24, 2.45) is 0 Å². The lowest BCUT2D eigenvalue weighted by Crippen LogP contribution is -2.29. The van der Waals surface area contributed by atoms with E-state index >= 15 is 0 Å². The molecule has 1 heterocycles. The van der Waals surface area contributed by atoms with Gasteiger partial charge in [0, 0.05) is 12.2 Å². The number of halogens is 3. The van der Waals surface area contributed by atoms with Gasteiger partial charge in [-0.1, -0.05) is 18.2 Å². The van der Waals surface area contributed by atoms with Gasteiger partial charge in [0.15, 0.2) is 0 Å². The summed E-state index contributed by atoms with van der Waals surface area (Å²) in [5, 5.41) is 0. The molecule has 0 N–H and O–H groups in total. The lowest BCUT2D eigenvalue weighted by Gasteiger charge is -2.29. The van der Waals surface area contributed by atoms with Crippen LogP contribution < -0.4 is 4.90 Å². The number of ether oxygens (including phenoxy) is 1. The highest BCUT2D eigenvalue weighted by Crippen LogP contribution is 2.26. The maximum Gasteiger partial charge on any atom is 0.387 e. The van der Waals surface area contributed by atoms with E-state index in [1.54, 1.807) is 29.2 Å². The highest BCUT2D eigenvalue weighted by Gasteiger charge is 2.19. The van der Waals surface area contributed by atoms with E-state index in [-0.39, 0.29) is 11.8 Å². The summed E-state index contributed by atoms with van der Waals surface area (Å²) >= 11 is 0. The highest BCUT2D eigenvalue weighted by molar-refractivity contribution is 5.54. The van der Waals surface area contributed by atoms with E-state index in [0.717, 1.165) is 0 Å². The summed E-state index contributed by atoms with van der Waals surface area (Å²) < 4.78 is 42.2. The van der Waals surface area contributed by atoms with Crippen molar-refractivity contribution in [1.82, 2.24) is 0 Å². The van der Waals surface area contributed by atoms with Gasteiger partial charge in [0.1, 0.15) is 11.6 Å². The second kappa shape index (κ2) is 5.16. The van der Waals surface area contributed by atoms with Crippen molar-refractivity contribution in [3.05, 3.63) is 54.2 Å². The molecule has 1 aliphatic rings. The third-order valence-electron chi connectivity index (χ3n) is 2.60. The molecule has 1 unspecified atom stereocenters. The molecule has 0 spiro atoms. The van der Waals surface area contributed by atoms with Crippen molar-refractivity contribution in [1.29, 1.82) is 0 Å². The van der Waals surface area contributed by atoms with Gasteiger partial charge in [0.05, 0.1) is 5.69 Å². The van der Waals surface area contributed by atoms with Gasteiger partial charge in [0.2, 0.25) is 0 Å². The van der Waals surface area contributed by atoms with Crippen molar-refractivity contribution < 1.29 is 17.9 Å². The Labute approximate surface area is 103 Å². The fourth-order valence-corrected chi connectivity index (χ4v) is 1.75. The van der Waals surface area contributed by atoms with Gasteiger partial charge in [-0.15, -0.1) is 0 Å². The minimum atomic E-state index is -2.89. The molecule has 1 atom stereocenters. The molecule has 96 valence electrons. The molecule has 0 aromatic heterocycles. The number of allylic oxidation sites excluding steroid dienone is 1. The molecule has 1 aromatic carbocycles. The van der Waals surface area contributed by atoms with Crippen LogP contribution in [-0.2, 0) is 4.74 Å². The van der Waals surface area contributed by atoms with Gasteiger partial charge in [0.25, 0.3) is 0 Å². The first-order valence-electron chi connectivity index (χ1n) is 5.45. The first kappa shape index (κ1) is 12.5. The van der Waals surface area contributed by atoms with E-state index in [0.29, 0.717) is 5.69 Å². The number of anilines is 1. The second-order valence-corrected chi connectivity index (χ2v) is 3.87. The largest absolute Gasteiger partial charge is 0.433 e. The van der Waals surface area contributed by atoms with Crippen LogP contribution in [0, 0.1) is 5.82 Å². The molecule has 2 nitrogen and oxygen atoms in total. The maximum atomic E-state index is 13.7. The molecule has 0 saturated carbocycles. The van der Waals surface area contributed by atoms with Crippen LogP contribution >= 0.6 is 0 Å². The van der Waals surface area contributed by atoms with Crippen LogP contribution in [0.25, 0.3) is 0 Å². The molecular formula is C13H12F3NO. The summed E-state index contributed by atoms with van der Waals surface area (Å²) in [6.45, 7) is -1.06. The lowest BCUT2D eigenvalue weighted by atomic mass is 10.1. The molecule has 0 amide bonds. The molecule has 5 heteroatoms. The summed E-state index contributed by atoms with van der Waals surface area (Å²) in [6, 6.07) is 6.03. The summed E-state index contributed by atoms with van der Waals surface area (Å²) in [5.41, 5.74) is 0.324. The van der Waals surface area contributed by atoms with Gasteiger partial charge >= 0.3 is 6.61 Å². The predicted molar refractivity (Wildman–Crippen MR) is 62.7 cm³/mol. The molecule has 1 aromatic rings. The Balaban J connectivity index is 2.29. The fraction of sp³-hybridized carbons (Fsp3) is 0.231. The maximum absolute atomic E-state index is 13.7. The van der Waals surface area contributed by atoms with Crippen molar-refractivity contribution in [2.45, 2.75) is 19.6 Å². The van der Waals surface area contributed by atoms with Crippen molar-refractivity contribution in [3.8, 4) is 0 Å². The smallest absolute Gasteiger partial charge is 0.387 e. The third-order valence-corrected chi connectivity index (χ3v) is 2.60. The lowest BCUT2D eigenvalue weighted by molar-refractivity contribution is -0.0924. The topological polar surface area (TPSA) is 12.5 Å². The van der Waals surface area contributed by atoms with Gasteiger partial charge in [-0.25, -0.2) is 4.39 Å². The average Bonchev–Trinajstić information content (AvgIpc) is 2.32. The number of alkyl halides is 2. The molecule has 0 bridgehead atoms. The number of nitrogens with zero attached hydrogens (tertiary/aromatic N) is 1. The zero-order valence-corrected chi connectivity index (χ0v) is 9.69. The van der Waals surface area contributed by atoms with E-state index in [2.05, 4.69) is 4.74 Å². The molecule has 0 aliphatic carbocycles. The minimum absolute atomic E-state index is 0.00588. The van der Waals surface area contributed by atoms with Crippen molar-refractivity contribution in [3.63, 3.8) is 0 Å². The molecule has 0 radical (unpaired) electrons. The van der Waals surface area contributed by atoms with E-state index < -0.39 is 12.4 Å². The Hall–Kier alpha value is -1.91. The Morgan fingerprint density at radius 2 is 2.00 bits per heavy atom. The summed E-state index contributed by atoms with van der Waals surface area (Å²) in [4.78, 5) is 1.55. The van der Waals surface area contributed by atoms with Crippen LogP contribution in [0.2, 0.25) is 0 Å². The number of rotatable bonds is 3. The first-order valence-corrected chi connectivity index (χ1v) is 5.45. The van der Waals surface area contributed by atoms with Crippen LogP contribution in [0.15, 0.2) is 48.4 Å². The molecular weight excluding hydrogens is 243 g/mol. The Morgan fingerprint density at radius 1 is 1.28 bits per heavy atom. The Morgan fingerprint density at radius 3 is 2.67 bits per heavy atom. The van der Waals surface area contributed by atoms with Crippen molar-refractivity contribution >= 4 is 5.69 Å². The van der Waals surface area contributed by atoms with Gasteiger partial charge in [-0.05, 0) is 25.1 Å². The van der Waals surface area contributed by atoms with Crippen LogP contribution in [-0.4, -0.2) is 12.7 Å². The van der Waals surface area contributed by atoms with Gasteiger partial charge in [-0.2, -0.15) is 8.78 Å². The van der Waals surface area contributed by atoms with Gasteiger partial charge in [-0.3, -0.25) is 0 Å². The standard InChI is InChI=1S/C13H12F3NO/c1-9-6-7-10(18-13(15)16)8-17(9)12-5-3-2-4-11(12)14/h2-9,13H,1H3. The Kier molecular flexibility index (Phi) is 3.60. The van der Waals surface area contributed by atoms with E-state index in [1.807, 2.05) is 6.92 Å². The zero-order chi connectivity index (χ0) is 13.1. The minimum Gasteiger partial charge on any atom is -0.433 e. The summed E-state index contributed by atoms with van der Waals surface area (Å²) in [6.07, 6.45) is 4.49. The zero-order valence-electron chi connectivity index (χ0n) is 9.69. The first-order chi connectivity index (χ1) is 8.58. The monoisotopic (exact) mass is 255 g/mol. The fourth-order valence-electron chi connectivity index (χ4n) is 1.75. The van der Waals surface area contributed by atoms with E-state index in [4.69, 9.17) is 0 Å². The normalized spacial score (nSPS) is 19.1. The van der Waals surface area contributed by atoms with Crippen LogP contribution in [0.4, 0.5) is 18.9 Å².